The molecule has 0 aliphatic heterocycles. The molecule has 0 aliphatic carbocycles. The van der Waals surface area contributed by atoms with Crippen molar-refractivity contribution in [2.24, 2.45) is 0 Å². The summed E-state index contributed by atoms with van der Waals surface area (Å²) in [6.45, 7) is 0. The van der Waals surface area contributed by atoms with Crippen molar-refractivity contribution >= 4 is 52.2 Å². The summed E-state index contributed by atoms with van der Waals surface area (Å²) in [5.41, 5.74) is 0.506. The maximum atomic E-state index is 12.2. The van der Waals surface area contributed by atoms with Gasteiger partial charge in [-0.25, -0.2) is 4.98 Å². The second-order valence-electron chi connectivity index (χ2n) is 3.86. The Morgan fingerprint density at radius 2 is 1.80 bits per heavy atom. The van der Waals surface area contributed by atoms with E-state index in [1.165, 1.54) is 0 Å². The molecule has 0 fully saturated rings. The van der Waals surface area contributed by atoms with Crippen molar-refractivity contribution < 1.29 is 4.79 Å². The summed E-state index contributed by atoms with van der Waals surface area (Å²) in [6, 6.07) is 8.04. The number of aromatic nitrogens is 1. The van der Waals surface area contributed by atoms with Gasteiger partial charge in [0.25, 0.3) is 5.91 Å². The Morgan fingerprint density at radius 3 is 2.50 bits per heavy atom. The van der Waals surface area contributed by atoms with E-state index in [-0.39, 0.29) is 10.7 Å². The van der Waals surface area contributed by atoms with Crippen LogP contribution in [-0.2, 0) is 0 Å². The summed E-state index contributed by atoms with van der Waals surface area (Å²) >= 11 is 17.8. The zero-order valence-corrected chi connectivity index (χ0v) is 12.6. The highest BCUT2D eigenvalue weighted by Crippen LogP contribution is 2.26. The standard InChI is InChI=1S/C13H10Cl3N3O/c1-17-11-5-4-9(16)12(19-11)13(20)18-10-6-7(14)2-3-8(10)15/h2-6H,1H3,(H,17,19)(H,18,20). The molecule has 0 bridgehead atoms. The van der Waals surface area contributed by atoms with E-state index < -0.39 is 5.91 Å². The lowest BCUT2D eigenvalue weighted by Crippen LogP contribution is -2.15. The van der Waals surface area contributed by atoms with E-state index in [9.17, 15) is 4.79 Å². The van der Waals surface area contributed by atoms with Gasteiger partial charge in [0.2, 0.25) is 0 Å². The number of hydrogen-bond acceptors (Lipinski definition) is 3. The first-order valence-electron chi connectivity index (χ1n) is 5.62. The van der Waals surface area contributed by atoms with Crippen LogP contribution in [0, 0.1) is 0 Å². The lowest BCUT2D eigenvalue weighted by molar-refractivity contribution is 0.102. The van der Waals surface area contributed by atoms with Crippen LogP contribution < -0.4 is 10.6 Å². The quantitative estimate of drug-likeness (QED) is 0.880. The molecular formula is C13H10Cl3N3O. The van der Waals surface area contributed by atoms with Gasteiger partial charge in [-0.1, -0.05) is 34.8 Å². The molecule has 2 aromatic rings. The van der Waals surface area contributed by atoms with Crippen LogP contribution in [0.3, 0.4) is 0 Å². The first-order valence-corrected chi connectivity index (χ1v) is 6.75. The number of carbonyl (C=O) groups excluding carboxylic acids is 1. The third-order valence-corrected chi connectivity index (χ3v) is 3.36. The van der Waals surface area contributed by atoms with Gasteiger partial charge in [0, 0.05) is 12.1 Å². The first kappa shape index (κ1) is 14.9. The molecule has 1 aromatic carbocycles. The van der Waals surface area contributed by atoms with E-state index in [1.54, 1.807) is 37.4 Å². The number of pyridine rings is 1. The fourth-order valence-electron chi connectivity index (χ4n) is 1.52. The average Bonchev–Trinajstić information content (AvgIpc) is 2.43. The normalized spacial score (nSPS) is 10.2. The first-order chi connectivity index (χ1) is 9.51. The monoisotopic (exact) mass is 329 g/mol. The molecule has 1 aromatic heterocycles. The van der Waals surface area contributed by atoms with E-state index in [4.69, 9.17) is 34.8 Å². The van der Waals surface area contributed by atoms with E-state index in [0.29, 0.717) is 21.6 Å². The van der Waals surface area contributed by atoms with Crippen LogP contribution in [-0.4, -0.2) is 17.9 Å². The molecule has 20 heavy (non-hydrogen) atoms. The minimum atomic E-state index is -0.462. The molecule has 0 spiro atoms. The van der Waals surface area contributed by atoms with Gasteiger partial charge in [0.15, 0.2) is 0 Å². The molecule has 1 amide bonds. The fourth-order valence-corrected chi connectivity index (χ4v) is 2.04. The Morgan fingerprint density at radius 1 is 1.10 bits per heavy atom. The number of nitrogens with one attached hydrogen (secondary N) is 2. The number of carbonyl (C=O) groups is 1. The lowest BCUT2D eigenvalue weighted by atomic mass is 10.3. The van der Waals surface area contributed by atoms with Crippen LogP contribution in [0.4, 0.5) is 11.5 Å². The van der Waals surface area contributed by atoms with Gasteiger partial charge in [-0.05, 0) is 30.3 Å². The number of halogens is 3. The molecular weight excluding hydrogens is 321 g/mol. The molecule has 2 rings (SSSR count). The van der Waals surface area contributed by atoms with Gasteiger partial charge in [-0.15, -0.1) is 0 Å². The van der Waals surface area contributed by atoms with Crippen LogP contribution in [0.5, 0.6) is 0 Å². The Bertz CT molecular complexity index is 661. The minimum absolute atomic E-state index is 0.106. The fraction of sp³-hybridized carbons (Fsp3) is 0.0769. The van der Waals surface area contributed by atoms with Crippen molar-refractivity contribution in [1.82, 2.24) is 4.98 Å². The van der Waals surface area contributed by atoms with Gasteiger partial charge in [0.1, 0.15) is 11.5 Å². The van der Waals surface area contributed by atoms with E-state index in [2.05, 4.69) is 15.6 Å². The molecule has 0 radical (unpaired) electrons. The van der Waals surface area contributed by atoms with Crippen molar-refractivity contribution in [3.05, 3.63) is 51.1 Å². The maximum Gasteiger partial charge on any atom is 0.275 e. The van der Waals surface area contributed by atoms with Crippen molar-refractivity contribution in [1.29, 1.82) is 0 Å². The number of anilines is 2. The summed E-state index contributed by atoms with van der Waals surface area (Å²) < 4.78 is 0. The maximum absolute atomic E-state index is 12.2. The molecule has 1 heterocycles. The molecule has 0 atom stereocenters. The van der Waals surface area contributed by atoms with Crippen molar-refractivity contribution in [2.45, 2.75) is 0 Å². The lowest BCUT2D eigenvalue weighted by Gasteiger charge is -2.09. The summed E-state index contributed by atoms with van der Waals surface area (Å²) in [5, 5.41) is 6.56. The largest absolute Gasteiger partial charge is 0.373 e. The molecule has 104 valence electrons. The average molecular weight is 331 g/mol. The van der Waals surface area contributed by atoms with E-state index >= 15 is 0 Å². The summed E-state index contributed by atoms with van der Waals surface area (Å²) in [6.07, 6.45) is 0. The third-order valence-electron chi connectivity index (χ3n) is 2.49. The molecule has 0 aliphatic rings. The predicted molar refractivity (Wildman–Crippen MR) is 83.2 cm³/mol. The van der Waals surface area contributed by atoms with Crippen LogP contribution in [0.25, 0.3) is 0 Å². The third kappa shape index (κ3) is 3.33. The topological polar surface area (TPSA) is 54.0 Å². The molecule has 4 nitrogen and oxygen atoms in total. The molecule has 0 saturated heterocycles. The number of hydrogen-bond donors (Lipinski definition) is 2. The number of rotatable bonds is 3. The Kier molecular flexibility index (Phi) is 4.70. The highest BCUT2D eigenvalue weighted by atomic mass is 35.5. The van der Waals surface area contributed by atoms with Crippen LogP contribution >= 0.6 is 34.8 Å². The molecule has 0 saturated carbocycles. The zero-order chi connectivity index (χ0) is 14.7. The van der Waals surface area contributed by atoms with Gasteiger partial charge < -0.3 is 10.6 Å². The van der Waals surface area contributed by atoms with Crippen molar-refractivity contribution in [3.8, 4) is 0 Å². The van der Waals surface area contributed by atoms with Gasteiger partial charge in [-0.2, -0.15) is 0 Å². The number of amides is 1. The van der Waals surface area contributed by atoms with Crippen LogP contribution in [0.2, 0.25) is 15.1 Å². The smallest absolute Gasteiger partial charge is 0.275 e. The summed E-state index contributed by atoms with van der Waals surface area (Å²) in [5.74, 6) is 0.0769. The summed E-state index contributed by atoms with van der Waals surface area (Å²) in [4.78, 5) is 16.3. The Labute approximate surface area is 131 Å². The second-order valence-corrected chi connectivity index (χ2v) is 5.11. The number of benzene rings is 1. The van der Waals surface area contributed by atoms with Crippen LogP contribution in [0.15, 0.2) is 30.3 Å². The van der Waals surface area contributed by atoms with Crippen molar-refractivity contribution in [3.63, 3.8) is 0 Å². The highest BCUT2D eigenvalue weighted by Gasteiger charge is 2.14. The van der Waals surface area contributed by atoms with Gasteiger partial charge >= 0.3 is 0 Å². The SMILES string of the molecule is CNc1ccc(Cl)c(C(=O)Nc2cc(Cl)ccc2Cl)n1. The summed E-state index contributed by atoms with van der Waals surface area (Å²) in [7, 11) is 1.70. The molecule has 2 N–H and O–H groups in total. The van der Waals surface area contributed by atoms with Crippen LogP contribution in [0.1, 0.15) is 10.5 Å². The van der Waals surface area contributed by atoms with Gasteiger partial charge in [0.05, 0.1) is 15.7 Å². The Hall–Kier alpha value is -1.49. The van der Waals surface area contributed by atoms with E-state index in [0.717, 1.165) is 0 Å². The van der Waals surface area contributed by atoms with Crippen molar-refractivity contribution in [2.75, 3.05) is 17.7 Å². The van der Waals surface area contributed by atoms with E-state index in [1.807, 2.05) is 0 Å². The molecule has 0 unspecified atom stereocenters. The second kappa shape index (κ2) is 6.31. The zero-order valence-electron chi connectivity index (χ0n) is 10.4. The number of nitrogens with zero attached hydrogens (tertiary/aromatic N) is 1. The van der Waals surface area contributed by atoms with Gasteiger partial charge in [-0.3, -0.25) is 4.79 Å². The molecule has 7 heteroatoms. The minimum Gasteiger partial charge on any atom is -0.373 e. The predicted octanol–water partition coefficient (Wildman–Crippen LogP) is 4.34. The highest BCUT2D eigenvalue weighted by molar-refractivity contribution is 6.37. The Balaban J connectivity index is 2.30.